The Kier molecular flexibility index (Phi) is 4.62. The third kappa shape index (κ3) is 3.11. The molecule has 0 aromatic rings. The van der Waals surface area contributed by atoms with Gasteiger partial charge >= 0.3 is 0 Å². The van der Waals surface area contributed by atoms with Crippen LogP contribution >= 0.6 is 0 Å². The van der Waals surface area contributed by atoms with Crippen LogP contribution in [0.15, 0.2) is 0 Å². The molecule has 1 rings (SSSR count). The van der Waals surface area contributed by atoms with Crippen molar-refractivity contribution in [3.63, 3.8) is 0 Å². The Labute approximate surface area is 75.9 Å². The molecule has 0 aromatic carbocycles. The van der Waals surface area contributed by atoms with E-state index in [1.54, 1.807) is 0 Å². The lowest BCUT2D eigenvalue weighted by molar-refractivity contribution is 0.0706. The Morgan fingerprint density at radius 2 is 2.42 bits per heavy atom. The topological polar surface area (TPSA) is 12.5 Å². The van der Waals surface area contributed by atoms with Gasteiger partial charge in [0.1, 0.15) is 0 Å². The van der Waals surface area contributed by atoms with Crippen LogP contribution in [0.1, 0.15) is 19.8 Å². The molecule has 1 fully saturated rings. The molecule has 1 aliphatic heterocycles. The van der Waals surface area contributed by atoms with Gasteiger partial charge in [-0.05, 0) is 45.7 Å². The lowest BCUT2D eigenvalue weighted by Gasteiger charge is -2.31. The number of hydrogen-bond donors (Lipinski definition) is 0. The average Bonchev–Trinajstić information content (AvgIpc) is 2.15. The Bertz CT molecular complexity index is 116. The first-order valence-electron chi connectivity index (χ1n) is 4.96. The summed E-state index contributed by atoms with van der Waals surface area (Å²) >= 11 is 0. The molecule has 0 bridgehead atoms. The van der Waals surface area contributed by atoms with Crippen molar-refractivity contribution in [3.05, 3.63) is 6.92 Å². The van der Waals surface area contributed by atoms with E-state index in [0.29, 0.717) is 0 Å². The van der Waals surface area contributed by atoms with E-state index in [0.717, 1.165) is 25.7 Å². The second kappa shape index (κ2) is 5.55. The Morgan fingerprint density at radius 1 is 1.58 bits per heavy atom. The maximum Gasteiger partial charge on any atom is 0.0506 e. The number of hydrogen-bond acceptors (Lipinski definition) is 2. The van der Waals surface area contributed by atoms with Crippen LogP contribution in [-0.4, -0.2) is 37.7 Å². The van der Waals surface area contributed by atoms with Crippen molar-refractivity contribution in [2.75, 3.05) is 32.8 Å². The number of nitrogens with zero attached hydrogens (tertiary/aromatic N) is 1. The number of likely N-dealkylation sites (tertiary alicyclic amines) is 1. The molecule has 0 saturated carbocycles. The normalized spacial score (nSPS) is 26.0. The highest BCUT2D eigenvalue weighted by atomic mass is 16.5. The van der Waals surface area contributed by atoms with E-state index in [-0.39, 0.29) is 0 Å². The number of ether oxygens (including phenoxy) is 1. The second-order valence-corrected chi connectivity index (χ2v) is 3.47. The number of rotatable bonds is 4. The largest absolute Gasteiger partial charge is 0.381 e. The van der Waals surface area contributed by atoms with Crippen LogP contribution in [0.4, 0.5) is 0 Å². The number of piperidine rings is 1. The van der Waals surface area contributed by atoms with E-state index in [2.05, 4.69) is 18.7 Å². The molecule has 1 aliphatic rings. The maximum atomic E-state index is 5.42. The van der Waals surface area contributed by atoms with Crippen LogP contribution in [0.25, 0.3) is 0 Å². The van der Waals surface area contributed by atoms with Gasteiger partial charge in [0, 0.05) is 13.2 Å². The van der Waals surface area contributed by atoms with E-state index in [1.165, 1.54) is 25.9 Å². The third-order valence-corrected chi connectivity index (χ3v) is 2.48. The standard InChI is InChI=1S/C10H20NO/c1-3-11-7-5-6-10(8-11)9-12-4-2/h10H,1,3-9H2,2H3. The van der Waals surface area contributed by atoms with Crippen molar-refractivity contribution in [2.24, 2.45) is 5.92 Å². The summed E-state index contributed by atoms with van der Waals surface area (Å²) in [6.07, 6.45) is 2.64. The summed E-state index contributed by atoms with van der Waals surface area (Å²) in [5.74, 6) is 0.750. The maximum absolute atomic E-state index is 5.42. The van der Waals surface area contributed by atoms with E-state index in [1.807, 2.05) is 0 Å². The molecular formula is C10H20NO. The molecule has 2 nitrogen and oxygen atoms in total. The lowest BCUT2D eigenvalue weighted by Crippen LogP contribution is -2.37. The first kappa shape index (κ1) is 10.0. The van der Waals surface area contributed by atoms with Gasteiger partial charge in [-0.3, -0.25) is 0 Å². The monoisotopic (exact) mass is 170 g/mol. The predicted octanol–water partition coefficient (Wildman–Crippen LogP) is 1.57. The second-order valence-electron chi connectivity index (χ2n) is 3.47. The molecule has 1 atom stereocenters. The fourth-order valence-electron chi connectivity index (χ4n) is 1.77. The summed E-state index contributed by atoms with van der Waals surface area (Å²) in [4.78, 5) is 2.41. The molecule has 2 heteroatoms. The highest BCUT2D eigenvalue weighted by molar-refractivity contribution is 4.72. The van der Waals surface area contributed by atoms with Crippen molar-refractivity contribution in [2.45, 2.75) is 19.8 Å². The Morgan fingerprint density at radius 3 is 3.08 bits per heavy atom. The molecular weight excluding hydrogens is 150 g/mol. The van der Waals surface area contributed by atoms with Gasteiger partial charge < -0.3 is 9.64 Å². The first-order valence-corrected chi connectivity index (χ1v) is 4.96. The van der Waals surface area contributed by atoms with Gasteiger partial charge in [-0.2, -0.15) is 0 Å². The van der Waals surface area contributed by atoms with Gasteiger partial charge in [0.25, 0.3) is 0 Å². The molecule has 1 heterocycles. The smallest absolute Gasteiger partial charge is 0.0506 e. The molecule has 1 unspecified atom stereocenters. The summed E-state index contributed by atoms with van der Waals surface area (Å²) in [5.41, 5.74) is 0. The molecule has 0 aromatic heterocycles. The summed E-state index contributed by atoms with van der Waals surface area (Å²) < 4.78 is 5.42. The van der Waals surface area contributed by atoms with E-state index < -0.39 is 0 Å². The Balaban J connectivity index is 2.16. The zero-order valence-corrected chi connectivity index (χ0v) is 8.09. The van der Waals surface area contributed by atoms with E-state index in [9.17, 15) is 0 Å². The molecule has 0 N–H and O–H groups in total. The van der Waals surface area contributed by atoms with Crippen LogP contribution in [-0.2, 0) is 4.74 Å². The Hall–Kier alpha value is -0.0800. The van der Waals surface area contributed by atoms with Crippen molar-refractivity contribution < 1.29 is 4.74 Å². The van der Waals surface area contributed by atoms with Gasteiger partial charge in [0.2, 0.25) is 0 Å². The van der Waals surface area contributed by atoms with Crippen LogP contribution < -0.4 is 0 Å². The molecule has 12 heavy (non-hydrogen) atoms. The van der Waals surface area contributed by atoms with Gasteiger partial charge in [0.05, 0.1) is 6.61 Å². The fourth-order valence-corrected chi connectivity index (χ4v) is 1.77. The van der Waals surface area contributed by atoms with Gasteiger partial charge in [0.15, 0.2) is 0 Å². The summed E-state index contributed by atoms with van der Waals surface area (Å²) in [7, 11) is 0. The molecule has 0 spiro atoms. The van der Waals surface area contributed by atoms with Gasteiger partial charge in [-0.1, -0.05) is 0 Å². The predicted molar refractivity (Wildman–Crippen MR) is 51.0 cm³/mol. The van der Waals surface area contributed by atoms with Gasteiger partial charge in [-0.25, -0.2) is 0 Å². The quantitative estimate of drug-likeness (QED) is 0.635. The molecule has 1 radical (unpaired) electrons. The zero-order chi connectivity index (χ0) is 8.81. The SMILES string of the molecule is [CH2]CN1CCCC(COCC)C1. The van der Waals surface area contributed by atoms with Crippen LogP contribution in [0.5, 0.6) is 0 Å². The van der Waals surface area contributed by atoms with E-state index >= 15 is 0 Å². The molecule has 0 aliphatic carbocycles. The minimum absolute atomic E-state index is 0.750. The van der Waals surface area contributed by atoms with Gasteiger partial charge in [-0.15, -0.1) is 0 Å². The molecule has 71 valence electrons. The highest BCUT2D eigenvalue weighted by Crippen LogP contribution is 2.15. The highest BCUT2D eigenvalue weighted by Gasteiger charge is 2.18. The van der Waals surface area contributed by atoms with Crippen LogP contribution in [0.2, 0.25) is 0 Å². The van der Waals surface area contributed by atoms with Crippen molar-refractivity contribution in [3.8, 4) is 0 Å². The van der Waals surface area contributed by atoms with Crippen molar-refractivity contribution in [1.29, 1.82) is 0 Å². The fraction of sp³-hybridized carbons (Fsp3) is 0.900. The zero-order valence-electron chi connectivity index (χ0n) is 8.09. The van der Waals surface area contributed by atoms with E-state index in [4.69, 9.17) is 4.74 Å². The molecule has 1 saturated heterocycles. The minimum atomic E-state index is 0.750. The van der Waals surface area contributed by atoms with Crippen molar-refractivity contribution in [1.82, 2.24) is 4.90 Å². The average molecular weight is 170 g/mol. The third-order valence-electron chi connectivity index (χ3n) is 2.48. The van der Waals surface area contributed by atoms with Crippen molar-refractivity contribution >= 4 is 0 Å². The van der Waals surface area contributed by atoms with Crippen LogP contribution in [0, 0.1) is 12.8 Å². The molecule has 0 amide bonds. The first-order chi connectivity index (χ1) is 5.86. The minimum Gasteiger partial charge on any atom is -0.381 e. The summed E-state index contributed by atoms with van der Waals surface area (Å²) in [5, 5.41) is 0. The summed E-state index contributed by atoms with van der Waals surface area (Å²) in [6, 6.07) is 0. The lowest BCUT2D eigenvalue weighted by atomic mass is 9.99. The van der Waals surface area contributed by atoms with Crippen LogP contribution in [0.3, 0.4) is 0 Å². The summed E-state index contributed by atoms with van der Waals surface area (Å²) in [6.45, 7) is 11.1.